The average molecular weight is 1440 g/mol. The fourth-order valence-corrected chi connectivity index (χ4v) is 19.9. The van der Waals surface area contributed by atoms with Gasteiger partial charge >= 0.3 is 0 Å². The van der Waals surface area contributed by atoms with Crippen molar-refractivity contribution in [1.82, 2.24) is 38.2 Å². The number of hydrogen-bond donors (Lipinski definition) is 0. The van der Waals surface area contributed by atoms with Crippen LogP contribution < -0.4 is 0 Å². The van der Waals surface area contributed by atoms with Crippen LogP contribution in [0.5, 0.6) is 0 Å². The van der Waals surface area contributed by atoms with Crippen LogP contribution in [0.15, 0.2) is 340 Å². The second-order valence-corrected chi connectivity index (χ2v) is 32.4. The predicted molar refractivity (Wildman–Crippen MR) is 465 cm³/mol. The van der Waals surface area contributed by atoms with E-state index in [0.29, 0.717) is 0 Å². The van der Waals surface area contributed by atoms with Gasteiger partial charge in [-0.2, -0.15) is 0 Å². The lowest BCUT2D eigenvalue weighted by Gasteiger charge is -2.22. The van der Waals surface area contributed by atoms with E-state index in [-0.39, 0.29) is 21.7 Å². The molecule has 112 heavy (non-hydrogen) atoms. The Kier molecular flexibility index (Phi) is 14.9. The molecular formula is C104H80N8. The number of para-hydroxylation sites is 4. The molecule has 8 heteroatoms. The van der Waals surface area contributed by atoms with E-state index in [1.807, 2.05) is 49.1 Å². The van der Waals surface area contributed by atoms with E-state index in [1.54, 1.807) is 0 Å². The molecule has 0 saturated heterocycles. The van der Waals surface area contributed by atoms with Crippen molar-refractivity contribution in [3.63, 3.8) is 0 Å². The monoisotopic (exact) mass is 1440 g/mol. The van der Waals surface area contributed by atoms with Crippen LogP contribution in [0.3, 0.4) is 0 Å². The second kappa shape index (κ2) is 25.0. The lowest BCUT2D eigenvalue weighted by atomic mass is 9.80. The highest BCUT2D eigenvalue weighted by atomic mass is 15.1. The molecule has 0 saturated carbocycles. The first-order valence-electron chi connectivity index (χ1n) is 39.0. The Labute approximate surface area is 650 Å². The van der Waals surface area contributed by atoms with E-state index in [1.165, 1.54) is 176 Å². The Morgan fingerprint density at radius 1 is 0.205 bits per heavy atom. The molecule has 0 atom stereocenters. The Balaban J connectivity index is 0.0000000943. The molecule has 8 aromatic heterocycles. The first-order chi connectivity index (χ1) is 54.7. The van der Waals surface area contributed by atoms with Crippen molar-refractivity contribution in [1.29, 1.82) is 0 Å². The third kappa shape index (κ3) is 9.67. The van der Waals surface area contributed by atoms with Gasteiger partial charge in [0.2, 0.25) is 0 Å². The van der Waals surface area contributed by atoms with E-state index in [9.17, 15) is 0 Å². The molecule has 12 aromatic carbocycles. The maximum Gasteiger partial charge on any atom is 0.137 e. The second-order valence-electron chi connectivity index (χ2n) is 32.4. The third-order valence-corrected chi connectivity index (χ3v) is 25.0. The topological polar surface area (TPSA) is 71.3 Å². The van der Waals surface area contributed by atoms with Crippen molar-refractivity contribution in [3.05, 3.63) is 385 Å². The lowest BCUT2D eigenvalue weighted by molar-refractivity contribution is 0.660. The molecule has 0 spiro atoms. The molecule has 0 radical (unpaired) electrons. The molecule has 4 aliphatic carbocycles. The SMILES string of the molecule is CC1(C)c2ccccc2-c2c1ccc1c2c2ccccc2n1-c1ccccn1.CC1(C)c2ccccc2-c2c1ccc1c3ccccc3n(-c3ccccn3)c21.CC1(C)c2ccccc2-c2cc3c4ccccc4n(-c4ccccn4)c3cc21.CC1(C)c2ccccc2-c2ccc3c(c21)c1ccccc1n3-c1ccccn1. The molecule has 0 bridgehead atoms. The predicted octanol–water partition coefficient (Wildman–Crippen LogP) is 25.9. The maximum atomic E-state index is 4.70. The van der Waals surface area contributed by atoms with Crippen LogP contribution in [0.25, 0.3) is 155 Å². The molecule has 8 heterocycles. The smallest absolute Gasteiger partial charge is 0.137 e. The summed E-state index contributed by atoms with van der Waals surface area (Å²) in [5, 5.41) is 10.4. The highest BCUT2D eigenvalue weighted by molar-refractivity contribution is 6.19. The van der Waals surface area contributed by atoms with E-state index < -0.39 is 0 Å². The van der Waals surface area contributed by atoms with Crippen molar-refractivity contribution in [2.75, 3.05) is 0 Å². The Bertz CT molecular complexity index is 7160. The van der Waals surface area contributed by atoms with E-state index in [0.717, 1.165) is 23.3 Å². The number of pyridine rings is 4. The quantitative estimate of drug-likeness (QED) is 0.176. The van der Waals surface area contributed by atoms with Crippen molar-refractivity contribution in [3.8, 4) is 67.8 Å². The Morgan fingerprint density at radius 3 is 1.09 bits per heavy atom. The van der Waals surface area contributed by atoms with E-state index in [4.69, 9.17) is 4.98 Å². The number of benzene rings is 12. The largest absolute Gasteiger partial charge is 0.294 e. The minimum Gasteiger partial charge on any atom is -0.294 e. The summed E-state index contributed by atoms with van der Waals surface area (Å²) in [6.07, 6.45) is 7.46. The van der Waals surface area contributed by atoms with Crippen molar-refractivity contribution < 1.29 is 0 Å². The Morgan fingerprint density at radius 2 is 0.562 bits per heavy atom. The van der Waals surface area contributed by atoms with E-state index >= 15 is 0 Å². The van der Waals surface area contributed by atoms with Crippen molar-refractivity contribution in [2.45, 2.75) is 77.0 Å². The third-order valence-electron chi connectivity index (χ3n) is 25.0. The van der Waals surface area contributed by atoms with Crippen LogP contribution in [-0.2, 0) is 21.7 Å². The summed E-state index contributed by atoms with van der Waals surface area (Å²) >= 11 is 0. The summed E-state index contributed by atoms with van der Waals surface area (Å²) in [4.78, 5) is 18.7. The van der Waals surface area contributed by atoms with Gasteiger partial charge in [0.25, 0.3) is 0 Å². The van der Waals surface area contributed by atoms with Crippen LogP contribution in [-0.4, -0.2) is 38.2 Å². The molecule has 0 amide bonds. The molecule has 0 unspecified atom stereocenters. The number of nitrogens with zero attached hydrogens (tertiary/aromatic N) is 8. The molecule has 0 fully saturated rings. The zero-order chi connectivity index (χ0) is 75.5. The zero-order valence-corrected chi connectivity index (χ0v) is 63.9. The van der Waals surface area contributed by atoms with Gasteiger partial charge in [0.15, 0.2) is 0 Å². The fraction of sp³-hybridized carbons (Fsp3) is 0.115. The summed E-state index contributed by atoms with van der Waals surface area (Å²) in [6.45, 7) is 18.7. The van der Waals surface area contributed by atoms with Gasteiger partial charge in [0.05, 0.1) is 44.1 Å². The lowest BCUT2D eigenvalue weighted by Crippen LogP contribution is -2.15. The van der Waals surface area contributed by atoms with Crippen LogP contribution >= 0.6 is 0 Å². The molecule has 536 valence electrons. The molecule has 24 rings (SSSR count). The molecular weight excluding hydrogens is 1360 g/mol. The first-order valence-corrected chi connectivity index (χ1v) is 39.0. The minimum absolute atomic E-state index is 0.00825. The molecule has 0 N–H and O–H groups in total. The van der Waals surface area contributed by atoms with Crippen LogP contribution in [0.2, 0.25) is 0 Å². The van der Waals surface area contributed by atoms with Crippen molar-refractivity contribution >= 4 is 87.2 Å². The van der Waals surface area contributed by atoms with Gasteiger partial charge in [-0.15, -0.1) is 0 Å². The average Bonchev–Trinajstić information content (AvgIpc) is 1.57. The van der Waals surface area contributed by atoms with Crippen LogP contribution in [0.1, 0.15) is 99.9 Å². The van der Waals surface area contributed by atoms with Crippen LogP contribution in [0.4, 0.5) is 0 Å². The number of fused-ring (bicyclic) bond motifs is 27. The number of aromatic nitrogens is 8. The first kappa shape index (κ1) is 66.6. The summed E-state index contributed by atoms with van der Waals surface area (Å²) in [5.74, 6) is 3.84. The highest BCUT2D eigenvalue weighted by Crippen LogP contribution is 2.57. The Hall–Kier alpha value is -13.6. The van der Waals surface area contributed by atoms with Crippen LogP contribution in [0, 0.1) is 0 Å². The maximum absolute atomic E-state index is 4.70. The van der Waals surface area contributed by atoms with E-state index in [2.05, 4.69) is 380 Å². The number of hydrogen-bond acceptors (Lipinski definition) is 4. The molecule has 0 aliphatic heterocycles. The summed E-state index contributed by atoms with van der Waals surface area (Å²) < 4.78 is 9.22. The summed E-state index contributed by atoms with van der Waals surface area (Å²) in [5.41, 5.74) is 31.8. The normalized spacial score (nSPS) is 14.4. The van der Waals surface area contributed by atoms with Gasteiger partial charge in [0, 0.05) is 95.1 Å². The summed E-state index contributed by atoms with van der Waals surface area (Å²) in [6, 6.07) is 113. The minimum atomic E-state index is -0.0372. The number of rotatable bonds is 4. The molecule has 8 nitrogen and oxygen atoms in total. The highest BCUT2D eigenvalue weighted by Gasteiger charge is 2.42. The molecule has 20 aromatic rings. The van der Waals surface area contributed by atoms with Gasteiger partial charge < -0.3 is 0 Å². The van der Waals surface area contributed by atoms with Gasteiger partial charge in [-0.25, -0.2) is 19.9 Å². The van der Waals surface area contributed by atoms with Crippen molar-refractivity contribution in [2.24, 2.45) is 0 Å². The zero-order valence-electron chi connectivity index (χ0n) is 63.9. The summed E-state index contributed by atoms with van der Waals surface area (Å²) in [7, 11) is 0. The molecule has 4 aliphatic rings. The standard InChI is InChI=1S/4C26H20N2/c1-26(2)20-11-5-3-10-19(20)24-21(26)15-14-18-17-9-4-6-12-22(17)28(25(18)24)23-13-7-8-16-27-23;1-26(2)20-11-5-3-9-17(20)18-14-15-22-24(25(18)26)19-10-4-6-12-21(19)28(22)23-13-7-8-16-27-23;1-26(2)19-11-5-3-9-17(19)24-20(26)14-15-22-25(24)18-10-4-6-12-21(18)28(22)23-13-7-8-16-27-23;1-26(2)21-11-5-3-9-17(21)19-15-20-18-10-4-6-12-23(18)28(24(20)16-22(19)26)25-13-7-8-14-27-25/h4*3-16H,1-2H3. The van der Waals surface area contributed by atoms with Gasteiger partial charge in [-0.1, -0.05) is 274 Å². The fourth-order valence-electron chi connectivity index (χ4n) is 19.9. The van der Waals surface area contributed by atoms with Gasteiger partial charge in [-0.3, -0.25) is 18.3 Å². The van der Waals surface area contributed by atoms with Gasteiger partial charge in [0.1, 0.15) is 23.3 Å². The van der Waals surface area contributed by atoms with Gasteiger partial charge in [-0.05, 0) is 181 Å².